The van der Waals surface area contributed by atoms with Crippen LogP contribution in [-0.4, -0.2) is 81.7 Å². The molecule has 204 valence electrons. The van der Waals surface area contributed by atoms with Crippen LogP contribution in [0.2, 0.25) is 0 Å². The summed E-state index contributed by atoms with van der Waals surface area (Å²) in [7, 11) is 0. The molecule has 0 aliphatic carbocycles. The summed E-state index contributed by atoms with van der Waals surface area (Å²) in [6.07, 6.45) is 0. The number of aromatic nitrogens is 1. The summed E-state index contributed by atoms with van der Waals surface area (Å²) in [5, 5.41) is 17.7. The van der Waals surface area contributed by atoms with E-state index in [9.17, 15) is 29.1 Å². The first-order valence-electron chi connectivity index (χ1n) is 10.8. The SMILES string of the molecule is C[C@H]1[C@H](NC(=O)/C(=N\OC(C)(C)C(=O)O)c2csc(N)n2)C(=O)N1OCC(=O)OCOC(=O)C(C)(C)C. The highest BCUT2D eigenvalue weighted by molar-refractivity contribution is 7.13. The maximum atomic E-state index is 12.9. The summed E-state index contributed by atoms with van der Waals surface area (Å²) in [6.45, 7) is 7.67. The third-order valence-electron chi connectivity index (χ3n) is 4.83. The number of rotatable bonds is 11. The highest BCUT2D eigenvalue weighted by Crippen LogP contribution is 2.21. The minimum absolute atomic E-state index is 0.0172. The van der Waals surface area contributed by atoms with Gasteiger partial charge in [-0.25, -0.2) is 19.6 Å². The Hall–Kier alpha value is -3.79. The number of esters is 2. The Morgan fingerprint density at radius 2 is 1.86 bits per heavy atom. The number of hydroxylamine groups is 2. The zero-order chi connectivity index (χ0) is 28.1. The van der Waals surface area contributed by atoms with E-state index >= 15 is 0 Å². The van der Waals surface area contributed by atoms with Crippen LogP contribution in [0.1, 0.15) is 47.2 Å². The van der Waals surface area contributed by atoms with Crippen LogP contribution in [0.5, 0.6) is 0 Å². The summed E-state index contributed by atoms with van der Waals surface area (Å²) < 4.78 is 9.55. The molecule has 1 aliphatic rings. The Bertz CT molecular complexity index is 1090. The van der Waals surface area contributed by atoms with Crippen molar-refractivity contribution in [1.82, 2.24) is 15.4 Å². The topological polar surface area (TPSA) is 209 Å². The number of nitrogens with zero attached hydrogens (tertiary/aromatic N) is 3. The molecule has 0 spiro atoms. The normalized spacial score (nSPS) is 18.1. The first kappa shape index (κ1) is 29.4. The molecule has 2 rings (SSSR count). The third-order valence-corrected chi connectivity index (χ3v) is 5.50. The minimum atomic E-state index is -1.75. The van der Waals surface area contributed by atoms with Gasteiger partial charge in [-0.05, 0) is 41.5 Å². The van der Waals surface area contributed by atoms with Crippen LogP contribution in [0.3, 0.4) is 0 Å². The summed E-state index contributed by atoms with van der Waals surface area (Å²) in [4.78, 5) is 74.2. The molecule has 15 nitrogen and oxygen atoms in total. The molecule has 16 heteroatoms. The highest BCUT2D eigenvalue weighted by Gasteiger charge is 2.47. The Kier molecular flexibility index (Phi) is 9.16. The van der Waals surface area contributed by atoms with Crippen molar-refractivity contribution in [2.24, 2.45) is 10.6 Å². The highest BCUT2D eigenvalue weighted by atomic mass is 32.1. The van der Waals surface area contributed by atoms with Crippen molar-refractivity contribution in [2.45, 2.75) is 59.2 Å². The fraction of sp³-hybridized carbons (Fsp3) is 0.571. The largest absolute Gasteiger partial charge is 0.478 e. The minimum Gasteiger partial charge on any atom is -0.478 e. The Labute approximate surface area is 215 Å². The van der Waals surface area contributed by atoms with Gasteiger partial charge >= 0.3 is 17.9 Å². The summed E-state index contributed by atoms with van der Waals surface area (Å²) in [5.41, 5.74) is 2.72. The van der Waals surface area contributed by atoms with E-state index in [2.05, 4.69) is 15.5 Å². The molecule has 1 aromatic rings. The fourth-order valence-electron chi connectivity index (χ4n) is 2.50. The van der Waals surface area contributed by atoms with Gasteiger partial charge in [0.15, 0.2) is 17.5 Å². The van der Waals surface area contributed by atoms with Crippen molar-refractivity contribution in [1.29, 1.82) is 0 Å². The molecule has 1 saturated heterocycles. The number of thiazole rings is 1. The number of hydrogen-bond donors (Lipinski definition) is 3. The van der Waals surface area contributed by atoms with Gasteiger partial charge in [-0.15, -0.1) is 11.3 Å². The van der Waals surface area contributed by atoms with Gasteiger partial charge in [0.05, 0.1) is 11.5 Å². The van der Waals surface area contributed by atoms with Crippen LogP contribution in [-0.2, 0) is 43.1 Å². The van der Waals surface area contributed by atoms with Gasteiger partial charge in [0.2, 0.25) is 12.4 Å². The number of carbonyl (C=O) groups excluding carboxylic acids is 4. The number of carboxylic acid groups (broad SMARTS) is 1. The number of β-lactam (4-membered cyclic amide) rings is 1. The number of nitrogens with two attached hydrogens (primary N) is 1. The van der Waals surface area contributed by atoms with Crippen molar-refractivity contribution < 1.29 is 48.2 Å². The first-order valence-corrected chi connectivity index (χ1v) is 11.7. The van der Waals surface area contributed by atoms with Gasteiger partial charge in [0, 0.05) is 5.38 Å². The number of carbonyl (C=O) groups is 5. The average molecular weight is 544 g/mol. The second-order valence-electron chi connectivity index (χ2n) is 9.36. The van der Waals surface area contributed by atoms with Crippen molar-refractivity contribution in [3.8, 4) is 0 Å². The molecule has 0 aromatic carbocycles. The van der Waals surface area contributed by atoms with Gasteiger partial charge in [0.25, 0.3) is 11.8 Å². The summed E-state index contributed by atoms with van der Waals surface area (Å²) in [5.74, 6) is -4.32. The predicted octanol–water partition coefficient (Wildman–Crippen LogP) is 0.0463. The number of aliphatic carboxylic acids is 1. The molecule has 1 aromatic heterocycles. The zero-order valence-corrected chi connectivity index (χ0v) is 21.9. The molecule has 0 radical (unpaired) electrons. The van der Waals surface area contributed by atoms with E-state index in [4.69, 9.17) is 24.9 Å². The summed E-state index contributed by atoms with van der Waals surface area (Å²) >= 11 is 1.01. The monoisotopic (exact) mass is 543 g/mol. The standard InChI is InChI=1S/C21H29N5O10S/c1-10-13(16(29)26(10)35-7-12(27)33-9-34-18(32)20(2,3)4)24-15(28)14(11-8-37-19(22)23-11)25-36-21(5,6)17(30)31/h8,10,13H,7,9H2,1-6H3,(H2,22,23)(H,24,28)(H,30,31)/b25-14-/t10-,13-/m0/s1. The molecule has 4 N–H and O–H groups in total. The number of ether oxygens (including phenoxy) is 2. The molecule has 37 heavy (non-hydrogen) atoms. The Balaban J connectivity index is 1.94. The molecule has 1 fully saturated rings. The van der Waals surface area contributed by atoms with Crippen LogP contribution in [0.25, 0.3) is 0 Å². The van der Waals surface area contributed by atoms with Crippen LogP contribution in [0.15, 0.2) is 10.5 Å². The van der Waals surface area contributed by atoms with Gasteiger partial charge in [0.1, 0.15) is 11.7 Å². The van der Waals surface area contributed by atoms with Crippen molar-refractivity contribution >= 4 is 51.9 Å². The van der Waals surface area contributed by atoms with E-state index in [0.717, 1.165) is 16.4 Å². The zero-order valence-electron chi connectivity index (χ0n) is 21.1. The molecule has 0 unspecified atom stereocenters. The second kappa shape index (κ2) is 11.5. The molecule has 0 bridgehead atoms. The van der Waals surface area contributed by atoms with Crippen molar-refractivity contribution in [2.75, 3.05) is 19.1 Å². The van der Waals surface area contributed by atoms with Gasteiger partial charge in [-0.3, -0.25) is 19.2 Å². The predicted molar refractivity (Wildman–Crippen MR) is 127 cm³/mol. The maximum Gasteiger partial charge on any atom is 0.350 e. The first-order chi connectivity index (χ1) is 17.0. The lowest BCUT2D eigenvalue weighted by Crippen LogP contribution is -2.70. The summed E-state index contributed by atoms with van der Waals surface area (Å²) in [6, 6.07) is -1.74. The average Bonchev–Trinajstić information content (AvgIpc) is 3.22. The van der Waals surface area contributed by atoms with Crippen LogP contribution >= 0.6 is 11.3 Å². The number of hydrogen-bond acceptors (Lipinski definition) is 13. The van der Waals surface area contributed by atoms with Crippen LogP contribution in [0.4, 0.5) is 5.13 Å². The lowest BCUT2D eigenvalue weighted by Gasteiger charge is -2.43. The molecule has 2 heterocycles. The maximum absolute atomic E-state index is 12.9. The number of nitrogen functional groups attached to an aromatic ring is 1. The van der Waals surface area contributed by atoms with Gasteiger partial charge in [-0.2, -0.15) is 0 Å². The smallest absolute Gasteiger partial charge is 0.350 e. The number of amides is 2. The Morgan fingerprint density at radius 3 is 2.38 bits per heavy atom. The molecular weight excluding hydrogens is 514 g/mol. The van der Waals surface area contributed by atoms with Crippen LogP contribution in [0, 0.1) is 5.41 Å². The van der Waals surface area contributed by atoms with E-state index in [1.54, 1.807) is 27.7 Å². The lowest BCUT2D eigenvalue weighted by atomic mass is 9.98. The molecule has 2 atom stereocenters. The van der Waals surface area contributed by atoms with E-state index in [-0.39, 0.29) is 10.8 Å². The van der Waals surface area contributed by atoms with Crippen LogP contribution < -0.4 is 11.1 Å². The van der Waals surface area contributed by atoms with Gasteiger partial charge < -0.3 is 30.5 Å². The number of anilines is 1. The molecule has 1 aliphatic heterocycles. The molecule has 0 saturated carbocycles. The van der Waals surface area contributed by atoms with Crippen molar-refractivity contribution in [3.05, 3.63) is 11.1 Å². The number of carboxylic acids is 1. The van der Waals surface area contributed by atoms with Crippen molar-refractivity contribution in [3.63, 3.8) is 0 Å². The number of nitrogens with one attached hydrogen (secondary N) is 1. The van der Waals surface area contributed by atoms with E-state index < -0.39 is 71.9 Å². The van der Waals surface area contributed by atoms with E-state index in [1.807, 2.05) is 0 Å². The second-order valence-corrected chi connectivity index (χ2v) is 10.3. The molecular formula is C21H29N5O10S. The van der Waals surface area contributed by atoms with E-state index in [0.29, 0.717) is 0 Å². The third kappa shape index (κ3) is 7.60. The quantitative estimate of drug-likeness (QED) is 0.111. The van der Waals surface area contributed by atoms with Gasteiger partial charge in [-0.1, -0.05) is 5.16 Å². The fourth-order valence-corrected chi connectivity index (χ4v) is 3.05. The lowest BCUT2D eigenvalue weighted by molar-refractivity contribution is -0.235. The number of oxime groups is 1. The molecule has 2 amide bonds. The Morgan fingerprint density at radius 1 is 1.22 bits per heavy atom. The van der Waals surface area contributed by atoms with E-state index in [1.165, 1.54) is 19.2 Å².